The Morgan fingerprint density at radius 3 is 2.72 bits per heavy atom. The van der Waals surface area contributed by atoms with Crippen molar-refractivity contribution in [3.8, 4) is 5.88 Å². The highest BCUT2D eigenvalue weighted by molar-refractivity contribution is 5.80. The van der Waals surface area contributed by atoms with Gasteiger partial charge < -0.3 is 15.0 Å². The number of halogens is 1. The summed E-state index contributed by atoms with van der Waals surface area (Å²) in [5, 5.41) is 4.35. The highest BCUT2D eigenvalue weighted by atomic mass is 19.1. The van der Waals surface area contributed by atoms with Crippen LogP contribution in [0.3, 0.4) is 0 Å². The normalized spacial score (nSPS) is 11.0. The highest BCUT2D eigenvalue weighted by Gasteiger charge is 2.10. The maximum atomic E-state index is 13.5. The van der Waals surface area contributed by atoms with E-state index in [2.05, 4.69) is 37.4 Å². The Balaban J connectivity index is 1.51. The summed E-state index contributed by atoms with van der Waals surface area (Å²) in [6, 6.07) is 7.55. The van der Waals surface area contributed by atoms with Crippen LogP contribution in [-0.4, -0.2) is 27.0 Å². The SMILES string of the molecule is COc1ncc(F)cc1CNc1ccc(Cc2c[nH]c3ncc(C)cc23)c(C)n1. The highest BCUT2D eigenvalue weighted by Crippen LogP contribution is 2.23. The number of anilines is 1. The number of hydrogen-bond acceptors (Lipinski definition) is 5. The molecule has 2 N–H and O–H groups in total. The molecule has 0 spiro atoms. The van der Waals surface area contributed by atoms with Crippen LogP contribution in [0.5, 0.6) is 5.88 Å². The van der Waals surface area contributed by atoms with E-state index in [1.54, 1.807) is 0 Å². The second-order valence-corrected chi connectivity index (χ2v) is 7.02. The van der Waals surface area contributed by atoms with Crippen LogP contribution in [-0.2, 0) is 13.0 Å². The van der Waals surface area contributed by atoms with Crippen molar-refractivity contribution in [1.29, 1.82) is 0 Å². The Bertz CT molecular complexity index is 1170. The van der Waals surface area contributed by atoms with E-state index in [-0.39, 0.29) is 0 Å². The topological polar surface area (TPSA) is 75.7 Å². The number of nitrogens with zero attached hydrogens (tertiary/aromatic N) is 3. The van der Waals surface area contributed by atoms with E-state index < -0.39 is 5.82 Å². The third kappa shape index (κ3) is 4.03. The molecule has 4 heterocycles. The molecule has 0 radical (unpaired) electrons. The molecule has 0 aliphatic carbocycles. The first-order chi connectivity index (χ1) is 14.0. The quantitative estimate of drug-likeness (QED) is 0.512. The number of methoxy groups -OCH3 is 1. The first-order valence-corrected chi connectivity index (χ1v) is 9.35. The fourth-order valence-electron chi connectivity index (χ4n) is 3.35. The number of hydrogen-bond donors (Lipinski definition) is 2. The fraction of sp³-hybridized carbons (Fsp3) is 0.227. The van der Waals surface area contributed by atoms with E-state index in [4.69, 9.17) is 4.74 Å². The number of aromatic nitrogens is 4. The average molecular weight is 391 g/mol. The van der Waals surface area contributed by atoms with Gasteiger partial charge in [0.25, 0.3) is 0 Å². The van der Waals surface area contributed by atoms with Gasteiger partial charge in [0, 0.05) is 42.0 Å². The van der Waals surface area contributed by atoms with Crippen LogP contribution in [0.25, 0.3) is 11.0 Å². The number of nitrogens with one attached hydrogen (secondary N) is 2. The molecule has 0 saturated carbocycles. The maximum Gasteiger partial charge on any atom is 0.218 e. The van der Waals surface area contributed by atoms with Gasteiger partial charge in [-0.05, 0) is 48.7 Å². The predicted molar refractivity (Wildman–Crippen MR) is 111 cm³/mol. The number of rotatable bonds is 6. The second kappa shape index (κ2) is 7.87. The minimum Gasteiger partial charge on any atom is -0.481 e. The zero-order chi connectivity index (χ0) is 20.4. The lowest BCUT2D eigenvalue weighted by Crippen LogP contribution is -2.06. The van der Waals surface area contributed by atoms with Crippen LogP contribution in [0.2, 0.25) is 0 Å². The first-order valence-electron chi connectivity index (χ1n) is 9.35. The lowest BCUT2D eigenvalue weighted by atomic mass is 10.0. The molecule has 4 aromatic rings. The Hall–Kier alpha value is -3.48. The summed E-state index contributed by atoms with van der Waals surface area (Å²) < 4.78 is 18.7. The van der Waals surface area contributed by atoms with Gasteiger partial charge in [-0.15, -0.1) is 0 Å². The summed E-state index contributed by atoms with van der Waals surface area (Å²) in [5.74, 6) is 0.718. The smallest absolute Gasteiger partial charge is 0.218 e. The van der Waals surface area contributed by atoms with Gasteiger partial charge >= 0.3 is 0 Å². The van der Waals surface area contributed by atoms with Crippen molar-refractivity contribution in [1.82, 2.24) is 19.9 Å². The zero-order valence-corrected chi connectivity index (χ0v) is 16.6. The monoisotopic (exact) mass is 391 g/mol. The lowest BCUT2D eigenvalue weighted by Gasteiger charge is -2.11. The standard InChI is InChI=1S/C22H22FN5O/c1-13-6-19-16(10-26-21(19)25-9-13)7-15-4-5-20(28-14(15)2)24-11-17-8-18(23)12-27-22(17)29-3/h4-6,8-10,12H,7,11H2,1-3H3,(H,24,28)(H,25,26). The molecule has 0 aliphatic heterocycles. The zero-order valence-electron chi connectivity index (χ0n) is 16.6. The van der Waals surface area contributed by atoms with Crippen molar-refractivity contribution in [2.24, 2.45) is 0 Å². The molecule has 0 aromatic carbocycles. The minimum atomic E-state index is -0.398. The molecule has 7 heteroatoms. The molecule has 0 fully saturated rings. The molecule has 4 aromatic heterocycles. The molecule has 148 valence electrons. The molecule has 0 amide bonds. The van der Waals surface area contributed by atoms with Gasteiger partial charge in [0.2, 0.25) is 5.88 Å². The van der Waals surface area contributed by atoms with Gasteiger partial charge in [0.1, 0.15) is 17.3 Å². The molecule has 0 saturated heterocycles. The molecule has 0 atom stereocenters. The summed E-state index contributed by atoms with van der Waals surface area (Å²) in [6.07, 6.45) is 5.78. The van der Waals surface area contributed by atoms with Gasteiger partial charge in [-0.25, -0.2) is 19.3 Å². The van der Waals surface area contributed by atoms with Gasteiger partial charge in [0.05, 0.1) is 13.3 Å². The Morgan fingerprint density at radius 2 is 1.93 bits per heavy atom. The number of pyridine rings is 3. The van der Waals surface area contributed by atoms with Crippen LogP contribution >= 0.6 is 0 Å². The summed E-state index contributed by atoms with van der Waals surface area (Å²) in [4.78, 5) is 16.3. The summed E-state index contributed by atoms with van der Waals surface area (Å²) in [5.41, 5.74) is 5.94. The van der Waals surface area contributed by atoms with Crippen LogP contribution in [0.1, 0.15) is 27.9 Å². The molecule has 0 bridgehead atoms. The molecule has 0 aliphatic rings. The van der Waals surface area contributed by atoms with Crippen molar-refractivity contribution in [2.75, 3.05) is 12.4 Å². The van der Waals surface area contributed by atoms with Gasteiger partial charge in [-0.3, -0.25) is 0 Å². The van der Waals surface area contributed by atoms with E-state index in [0.717, 1.165) is 40.5 Å². The maximum absolute atomic E-state index is 13.5. The lowest BCUT2D eigenvalue weighted by molar-refractivity contribution is 0.391. The number of aromatic amines is 1. The molecule has 0 unspecified atom stereocenters. The van der Waals surface area contributed by atoms with Crippen LogP contribution in [0.4, 0.5) is 10.2 Å². The molecule has 29 heavy (non-hydrogen) atoms. The number of fused-ring (bicyclic) bond motifs is 1. The van der Waals surface area contributed by atoms with E-state index in [1.807, 2.05) is 32.3 Å². The van der Waals surface area contributed by atoms with E-state index >= 15 is 0 Å². The van der Waals surface area contributed by atoms with E-state index in [1.165, 1.54) is 18.7 Å². The number of aryl methyl sites for hydroxylation is 2. The van der Waals surface area contributed by atoms with E-state index in [9.17, 15) is 4.39 Å². The number of H-pyrrole nitrogens is 1. The van der Waals surface area contributed by atoms with Crippen LogP contribution in [0, 0.1) is 19.7 Å². The van der Waals surface area contributed by atoms with Gasteiger partial charge in [-0.1, -0.05) is 6.07 Å². The molecule has 4 rings (SSSR count). The molecular weight excluding hydrogens is 369 g/mol. The van der Waals surface area contributed by atoms with E-state index in [0.29, 0.717) is 23.8 Å². The largest absolute Gasteiger partial charge is 0.481 e. The summed E-state index contributed by atoms with van der Waals surface area (Å²) in [7, 11) is 1.52. The Kier molecular flexibility index (Phi) is 5.12. The first kappa shape index (κ1) is 18.9. The van der Waals surface area contributed by atoms with Gasteiger partial charge in [-0.2, -0.15) is 0 Å². The molecule has 6 nitrogen and oxygen atoms in total. The summed E-state index contributed by atoms with van der Waals surface area (Å²) >= 11 is 0. The predicted octanol–water partition coefficient (Wildman–Crippen LogP) is 4.32. The van der Waals surface area contributed by atoms with Crippen molar-refractivity contribution in [3.63, 3.8) is 0 Å². The summed E-state index contributed by atoms with van der Waals surface area (Å²) in [6.45, 7) is 4.40. The average Bonchev–Trinajstić information content (AvgIpc) is 3.10. The fourth-order valence-corrected chi connectivity index (χ4v) is 3.35. The van der Waals surface area contributed by atoms with Crippen LogP contribution in [0.15, 0.2) is 42.9 Å². The Morgan fingerprint density at radius 1 is 1.07 bits per heavy atom. The molecular formula is C22H22FN5O. The number of ether oxygens (including phenoxy) is 1. The third-order valence-electron chi connectivity index (χ3n) is 4.87. The Labute approximate surface area is 168 Å². The second-order valence-electron chi connectivity index (χ2n) is 7.02. The van der Waals surface area contributed by atoms with Crippen molar-refractivity contribution in [3.05, 3.63) is 76.6 Å². The van der Waals surface area contributed by atoms with Gasteiger partial charge in [0.15, 0.2) is 0 Å². The van der Waals surface area contributed by atoms with Crippen molar-refractivity contribution in [2.45, 2.75) is 26.8 Å². The van der Waals surface area contributed by atoms with Crippen LogP contribution < -0.4 is 10.1 Å². The minimum absolute atomic E-state index is 0.368. The van der Waals surface area contributed by atoms with Crippen molar-refractivity contribution < 1.29 is 9.13 Å². The van der Waals surface area contributed by atoms with Crippen molar-refractivity contribution >= 4 is 16.9 Å². The third-order valence-corrected chi connectivity index (χ3v) is 4.87.